The van der Waals surface area contributed by atoms with Gasteiger partial charge in [0, 0.05) is 11.6 Å². The Hall–Kier alpha value is -2.03. The maximum Gasteiger partial charge on any atom is 0.252 e. The van der Waals surface area contributed by atoms with Gasteiger partial charge < -0.3 is 10.4 Å². The van der Waals surface area contributed by atoms with Gasteiger partial charge in [0.25, 0.3) is 5.91 Å². The molecule has 0 aromatic heterocycles. The fraction of sp³-hybridized carbons (Fsp3) is 0.312. The number of benzene rings is 2. The van der Waals surface area contributed by atoms with Gasteiger partial charge in [0.1, 0.15) is 5.75 Å². The van der Waals surface area contributed by atoms with Crippen molar-refractivity contribution >= 4 is 16.7 Å². The zero-order valence-electron chi connectivity index (χ0n) is 10.7. The minimum Gasteiger partial charge on any atom is -0.508 e. The lowest BCUT2D eigenvalue weighted by Gasteiger charge is -2.13. The van der Waals surface area contributed by atoms with Crippen LogP contribution in [-0.2, 0) is 0 Å². The number of carbonyl (C=O) groups excluding carboxylic acids is 1. The second-order valence-corrected chi connectivity index (χ2v) is 5.17. The highest BCUT2D eigenvalue weighted by molar-refractivity contribution is 6.07. The van der Waals surface area contributed by atoms with Gasteiger partial charge >= 0.3 is 0 Å². The molecule has 2 aromatic carbocycles. The van der Waals surface area contributed by atoms with Crippen molar-refractivity contribution in [3.63, 3.8) is 0 Å². The smallest absolute Gasteiger partial charge is 0.252 e. The molecule has 1 aliphatic rings. The molecule has 3 rings (SSSR count). The van der Waals surface area contributed by atoms with E-state index in [4.69, 9.17) is 0 Å². The van der Waals surface area contributed by atoms with E-state index in [1.165, 1.54) is 12.8 Å². The number of phenols is 1. The quantitative estimate of drug-likeness (QED) is 0.865. The Morgan fingerprint density at radius 2 is 1.95 bits per heavy atom. The van der Waals surface area contributed by atoms with Crippen molar-refractivity contribution in [2.75, 3.05) is 0 Å². The molecule has 0 spiro atoms. The molecule has 1 amide bonds. The first-order valence-electron chi connectivity index (χ1n) is 6.76. The first-order chi connectivity index (χ1) is 9.24. The molecular weight excluding hydrogens is 238 g/mol. The Balaban J connectivity index is 1.93. The molecule has 1 fully saturated rings. The SMILES string of the molecule is O=C(NC1CCCC1)c1cccc2cc(O)ccc12. The summed E-state index contributed by atoms with van der Waals surface area (Å²) in [6.07, 6.45) is 4.57. The van der Waals surface area contributed by atoms with Crippen molar-refractivity contribution in [3.05, 3.63) is 42.0 Å². The van der Waals surface area contributed by atoms with Crippen molar-refractivity contribution < 1.29 is 9.90 Å². The highest BCUT2D eigenvalue weighted by Gasteiger charge is 2.18. The lowest BCUT2D eigenvalue weighted by atomic mass is 10.0. The van der Waals surface area contributed by atoms with Crippen LogP contribution in [0.5, 0.6) is 5.75 Å². The number of nitrogens with one attached hydrogen (secondary N) is 1. The topological polar surface area (TPSA) is 49.3 Å². The van der Waals surface area contributed by atoms with Gasteiger partial charge in [-0.3, -0.25) is 4.79 Å². The van der Waals surface area contributed by atoms with Crippen LogP contribution in [0.2, 0.25) is 0 Å². The highest BCUT2D eigenvalue weighted by Crippen LogP contribution is 2.24. The highest BCUT2D eigenvalue weighted by atomic mass is 16.3. The van der Waals surface area contributed by atoms with E-state index < -0.39 is 0 Å². The Bertz CT molecular complexity index is 615. The number of amides is 1. The third-order valence-corrected chi connectivity index (χ3v) is 3.80. The molecule has 2 N–H and O–H groups in total. The van der Waals surface area contributed by atoms with Crippen LogP contribution in [0.1, 0.15) is 36.0 Å². The van der Waals surface area contributed by atoms with E-state index in [1.807, 2.05) is 18.2 Å². The molecule has 0 saturated heterocycles. The summed E-state index contributed by atoms with van der Waals surface area (Å²) in [6, 6.07) is 11.0. The zero-order chi connectivity index (χ0) is 13.2. The van der Waals surface area contributed by atoms with E-state index in [2.05, 4.69) is 5.32 Å². The van der Waals surface area contributed by atoms with Gasteiger partial charge in [-0.05, 0) is 47.9 Å². The molecule has 3 nitrogen and oxygen atoms in total. The van der Waals surface area contributed by atoms with Gasteiger partial charge in [0.05, 0.1) is 0 Å². The van der Waals surface area contributed by atoms with E-state index in [0.29, 0.717) is 11.6 Å². The summed E-state index contributed by atoms with van der Waals surface area (Å²) in [5, 5.41) is 14.4. The number of carbonyl (C=O) groups is 1. The predicted molar refractivity (Wildman–Crippen MR) is 75.3 cm³/mol. The van der Waals surface area contributed by atoms with Crippen LogP contribution in [0.15, 0.2) is 36.4 Å². The second-order valence-electron chi connectivity index (χ2n) is 5.17. The number of fused-ring (bicyclic) bond motifs is 1. The minimum absolute atomic E-state index is 0.0109. The van der Waals surface area contributed by atoms with E-state index in [1.54, 1.807) is 18.2 Å². The molecule has 3 heteroatoms. The van der Waals surface area contributed by atoms with E-state index in [-0.39, 0.29) is 11.7 Å². The number of hydrogen-bond donors (Lipinski definition) is 2. The predicted octanol–water partition coefficient (Wildman–Crippen LogP) is 3.22. The Labute approximate surface area is 112 Å². The molecule has 0 aliphatic heterocycles. The maximum atomic E-state index is 12.3. The summed E-state index contributed by atoms with van der Waals surface area (Å²) in [4.78, 5) is 12.3. The van der Waals surface area contributed by atoms with Crippen LogP contribution < -0.4 is 5.32 Å². The molecule has 0 atom stereocenters. The van der Waals surface area contributed by atoms with Gasteiger partial charge in [0.15, 0.2) is 0 Å². The molecule has 1 aliphatic carbocycles. The second kappa shape index (κ2) is 4.92. The van der Waals surface area contributed by atoms with Crippen LogP contribution in [0.25, 0.3) is 10.8 Å². The van der Waals surface area contributed by atoms with Crippen molar-refractivity contribution in [3.8, 4) is 5.75 Å². The van der Waals surface area contributed by atoms with Crippen LogP contribution in [0, 0.1) is 0 Å². The lowest BCUT2D eigenvalue weighted by Crippen LogP contribution is -2.32. The Morgan fingerprint density at radius 3 is 2.74 bits per heavy atom. The molecule has 0 radical (unpaired) electrons. The third-order valence-electron chi connectivity index (χ3n) is 3.80. The van der Waals surface area contributed by atoms with Crippen molar-refractivity contribution in [2.45, 2.75) is 31.7 Å². The van der Waals surface area contributed by atoms with Gasteiger partial charge in [-0.2, -0.15) is 0 Å². The largest absolute Gasteiger partial charge is 0.508 e. The molecule has 0 bridgehead atoms. The van der Waals surface area contributed by atoms with Crippen molar-refractivity contribution in [2.24, 2.45) is 0 Å². The lowest BCUT2D eigenvalue weighted by molar-refractivity contribution is 0.0939. The fourth-order valence-electron chi connectivity index (χ4n) is 2.80. The summed E-state index contributed by atoms with van der Waals surface area (Å²) in [7, 11) is 0. The third kappa shape index (κ3) is 2.41. The van der Waals surface area contributed by atoms with E-state index in [9.17, 15) is 9.90 Å². The Kier molecular flexibility index (Phi) is 3.11. The molecular formula is C16H17NO2. The normalized spacial score (nSPS) is 15.8. The first kappa shape index (κ1) is 12.0. The van der Waals surface area contributed by atoms with Crippen LogP contribution >= 0.6 is 0 Å². The van der Waals surface area contributed by atoms with Crippen LogP contribution in [0.3, 0.4) is 0 Å². The Morgan fingerprint density at radius 1 is 1.16 bits per heavy atom. The summed E-state index contributed by atoms with van der Waals surface area (Å²) < 4.78 is 0. The molecule has 19 heavy (non-hydrogen) atoms. The van der Waals surface area contributed by atoms with Gasteiger partial charge in [0.2, 0.25) is 0 Å². The van der Waals surface area contributed by atoms with Gasteiger partial charge in [-0.1, -0.05) is 25.0 Å². The summed E-state index contributed by atoms with van der Waals surface area (Å²) in [5.41, 5.74) is 0.685. The van der Waals surface area contributed by atoms with Gasteiger partial charge in [-0.25, -0.2) is 0 Å². The maximum absolute atomic E-state index is 12.3. The van der Waals surface area contributed by atoms with Gasteiger partial charge in [-0.15, -0.1) is 0 Å². The number of phenolic OH excluding ortho intramolecular Hbond substituents is 1. The monoisotopic (exact) mass is 255 g/mol. The van der Waals surface area contributed by atoms with E-state index in [0.717, 1.165) is 23.6 Å². The summed E-state index contributed by atoms with van der Waals surface area (Å²) >= 11 is 0. The van der Waals surface area contributed by atoms with Crippen LogP contribution in [0.4, 0.5) is 0 Å². The summed E-state index contributed by atoms with van der Waals surface area (Å²) in [5.74, 6) is 0.212. The number of aromatic hydroxyl groups is 1. The summed E-state index contributed by atoms with van der Waals surface area (Å²) in [6.45, 7) is 0. The molecule has 0 heterocycles. The average molecular weight is 255 g/mol. The molecule has 2 aromatic rings. The fourth-order valence-corrected chi connectivity index (χ4v) is 2.80. The molecule has 1 saturated carbocycles. The molecule has 0 unspecified atom stereocenters. The standard InChI is InChI=1S/C16H17NO2/c18-13-8-9-14-11(10-13)4-3-7-15(14)16(19)17-12-5-1-2-6-12/h3-4,7-10,12,18H,1-2,5-6H2,(H,17,19). The number of rotatable bonds is 2. The average Bonchev–Trinajstić information content (AvgIpc) is 2.90. The van der Waals surface area contributed by atoms with Crippen molar-refractivity contribution in [1.29, 1.82) is 0 Å². The first-order valence-corrected chi connectivity index (χ1v) is 6.76. The van der Waals surface area contributed by atoms with Crippen molar-refractivity contribution in [1.82, 2.24) is 5.32 Å². The molecule has 98 valence electrons. The minimum atomic E-state index is -0.0109. The van der Waals surface area contributed by atoms with Crippen LogP contribution in [-0.4, -0.2) is 17.1 Å². The zero-order valence-corrected chi connectivity index (χ0v) is 10.7. The van der Waals surface area contributed by atoms with E-state index >= 15 is 0 Å². The number of hydrogen-bond acceptors (Lipinski definition) is 2.